The van der Waals surface area contributed by atoms with Crippen molar-refractivity contribution in [2.75, 3.05) is 10.2 Å². The van der Waals surface area contributed by atoms with Gasteiger partial charge in [-0.25, -0.2) is 19.2 Å². The molecule has 1 aliphatic heterocycles. The van der Waals surface area contributed by atoms with Crippen LogP contribution in [0.3, 0.4) is 0 Å². The van der Waals surface area contributed by atoms with E-state index in [0.717, 1.165) is 37.7 Å². The first-order valence-corrected chi connectivity index (χ1v) is 17.4. The SMILES string of the molecule is CC(C)(C)OC(=O)N=C(NC(=O)OC(C)(C)C)Nc1ccc(N2C(=O)NN(C(N)C(=O)OC(C)(C)C)C(C3CCCCC3)c3ccccc32)cc1. The minimum absolute atomic E-state index is 0.125. The first-order chi connectivity index (χ1) is 23.7. The van der Waals surface area contributed by atoms with E-state index in [-0.39, 0.29) is 11.9 Å². The number of nitrogens with one attached hydrogen (secondary N) is 3. The number of esters is 1. The van der Waals surface area contributed by atoms with E-state index >= 15 is 0 Å². The number of hydrogen-bond donors (Lipinski definition) is 4. The number of guanidine groups is 1. The van der Waals surface area contributed by atoms with Crippen LogP contribution in [0.25, 0.3) is 0 Å². The van der Waals surface area contributed by atoms with Gasteiger partial charge in [0.05, 0.1) is 17.4 Å². The van der Waals surface area contributed by atoms with Crippen LogP contribution in [0.2, 0.25) is 0 Å². The van der Waals surface area contributed by atoms with Crippen LogP contribution in [0.1, 0.15) is 106 Å². The Morgan fingerprint density at radius 3 is 2.02 bits per heavy atom. The minimum Gasteiger partial charge on any atom is -0.458 e. The third kappa shape index (κ3) is 11.1. The average Bonchev–Trinajstić information content (AvgIpc) is 3.12. The Bertz CT molecular complexity index is 1600. The summed E-state index contributed by atoms with van der Waals surface area (Å²) in [4.78, 5) is 58.1. The van der Waals surface area contributed by atoms with E-state index < -0.39 is 53.2 Å². The smallest absolute Gasteiger partial charge is 0.437 e. The van der Waals surface area contributed by atoms with Crippen molar-refractivity contribution in [3.05, 3.63) is 54.1 Å². The van der Waals surface area contributed by atoms with Crippen LogP contribution in [-0.4, -0.2) is 58.1 Å². The predicted molar refractivity (Wildman–Crippen MR) is 195 cm³/mol. The molecule has 2 aliphatic rings. The van der Waals surface area contributed by atoms with Crippen LogP contribution >= 0.6 is 0 Å². The number of fused-ring (bicyclic) bond motifs is 1. The van der Waals surface area contributed by atoms with E-state index in [0.29, 0.717) is 17.1 Å². The van der Waals surface area contributed by atoms with Crippen molar-refractivity contribution in [1.82, 2.24) is 15.8 Å². The topological polar surface area (TPSA) is 177 Å². The number of aliphatic imine (C=N–C) groups is 1. The van der Waals surface area contributed by atoms with Crippen LogP contribution < -0.4 is 26.7 Å². The summed E-state index contributed by atoms with van der Waals surface area (Å²) >= 11 is 0. The van der Waals surface area contributed by atoms with Gasteiger partial charge in [0.15, 0.2) is 6.17 Å². The van der Waals surface area contributed by atoms with Crippen molar-refractivity contribution in [3.63, 3.8) is 0 Å². The molecule has 5 N–H and O–H groups in total. The molecule has 2 atom stereocenters. The molecular formula is C37H53N7O7. The number of para-hydroxylation sites is 1. The lowest BCUT2D eigenvalue weighted by Gasteiger charge is -2.40. The fraction of sp³-hybridized carbons (Fsp3) is 0.541. The number of hydrogen-bond acceptors (Lipinski definition) is 9. The van der Waals surface area contributed by atoms with E-state index in [4.69, 9.17) is 19.9 Å². The molecule has 4 rings (SSSR count). The van der Waals surface area contributed by atoms with Gasteiger partial charge in [0.25, 0.3) is 0 Å². The lowest BCUT2D eigenvalue weighted by molar-refractivity contribution is -0.164. The van der Waals surface area contributed by atoms with Gasteiger partial charge in [-0.2, -0.15) is 5.01 Å². The second-order valence-corrected chi connectivity index (χ2v) is 15.8. The number of urea groups is 1. The lowest BCUT2D eigenvalue weighted by atomic mass is 9.80. The van der Waals surface area contributed by atoms with E-state index in [2.05, 4.69) is 21.1 Å². The minimum atomic E-state index is -1.26. The lowest BCUT2D eigenvalue weighted by Crippen LogP contribution is -2.60. The van der Waals surface area contributed by atoms with Crippen molar-refractivity contribution in [2.24, 2.45) is 16.6 Å². The molecule has 0 saturated heterocycles. The molecule has 1 heterocycles. The number of nitrogens with two attached hydrogens (primary N) is 1. The largest absolute Gasteiger partial charge is 0.458 e. The zero-order valence-corrected chi connectivity index (χ0v) is 31.2. The Hall–Kier alpha value is -4.69. The molecule has 14 nitrogen and oxygen atoms in total. The maximum absolute atomic E-state index is 14.2. The molecule has 51 heavy (non-hydrogen) atoms. The molecule has 0 aromatic heterocycles. The second-order valence-electron chi connectivity index (χ2n) is 15.8. The number of anilines is 3. The zero-order valence-electron chi connectivity index (χ0n) is 31.2. The maximum atomic E-state index is 14.2. The molecule has 1 fully saturated rings. The molecule has 1 saturated carbocycles. The number of hydrazine groups is 1. The second kappa shape index (κ2) is 15.7. The number of alkyl carbamates (subject to hydrolysis) is 1. The first kappa shape index (κ1) is 39.1. The van der Waals surface area contributed by atoms with Crippen molar-refractivity contribution in [2.45, 2.75) is 123 Å². The Balaban J connectivity index is 1.69. The molecule has 2 aromatic carbocycles. The number of ether oxygens (including phenoxy) is 3. The van der Waals surface area contributed by atoms with Gasteiger partial charge in [-0.05, 0) is 117 Å². The van der Waals surface area contributed by atoms with Gasteiger partial charge in [-0.1, -0.05) is 37.5 Å². The number of carbonyl (C=O) groups is 4. The van der Waals surface area contributed by atoms with Gasteiger partial charge in [-0.15, -0.1) is 4.99 Å². The van der Waals surface area contributed by atoms with Crippen LogP contribution in [0, 0.1) is 5.92 Å². The van der Waals surface area contributed by atoms with Crippen molar-refractivity contribution in [1.29, 1.82) is 0 Å². The first-order valence-electron chi connectivity index (χ1n) is 17.4. The zero-order chi connectivity index (χ0) is 37.7. The van der Waals surface area contributed by atoms with Gasteiger partial charge in [0.1, 0.15) is 16.8 Å². The van der Waals surface area contributed by atoms with Crippen molar-refractivity contribution < 1.29 is 33.4 Å². The third-order valence-corrected chi connectivity index (χ3v) is 7.87. The number of nitrogens with zero attached hydrogens (tertiary/aromatic N) is 3. The molecule has 278 valence electrons. The average molecular weight is 708 g/mol. The van der Waals surface area contributed by atoms with Gasteiger partial charge in [0, 0.05) is 5.69 Å². The summed E-state index contributed by atoms with van der Waals surface area (Å²) in [5, 5.41) is 6.96. The normalized spacial score (nSPS) is 18.5. The van der Waals surface area contributed by atoms with Crippen molar-refractivity contribution in [3.8, 4) is 0 Å². The molecule has 1 aliphatic carbocycles. The summed E-state index contributed by atoms with van der Waals surface area (Å²) in [6.45, 7) is 15.5. The molecule has 0 bridgehead atoms. The van der Waals surface area contributed by atoms with Crippen LogP contribution in [0.4, 0.5) is 31.4 Å². The van der Waals surface area contributed by atoms with Gasteiger partial charge < -0.3 is 25.3 Å². The fourth-order valence-electron chi connectivity index (χ4n) is 6.03. The number of carbonyl (C=O) groups excluding carboxylic acids is 4. The highest BCUT2D eigenvalue weighted by atomic mass is 16.6. The maximum Gasteiger partial charge on any atom is 0.437 e. The highest BCUT2D eigenvalue weighted by Crippen LogP contribution is 2.45. The van der Waals surface area contributed by atoms with E-state index in [1.807, 2.05) is 24.3 Å². The molecule has 2 unspecified atom stereocenters. The Morgan fingerprint density at radius 2 is 1.43 bits per heavy atom. The monoisotopic (exact) mass is 707 g/mol. The fourth-order valence-corrected chi connectivity index (χ4v) is 6.03. The number of rotatable bonds is 5. The summed E-state index contributed by atoms with van der Waals surface area (Å²) < 4.78 is 16.3. The quantitative estimate of drug-likeness (QED) is 0.107. The van der Waals surface area contributed by atoms with Gasteiger partial charge >= 0.3 is 24.2 Å². The summed E-state index contributed by atoms with van der Waals surface area (Å²) in [6, 6.07) is 13.4. The Kier molecular flexibility index (Phi) is 12.0. The molecule has 0 radical (unpaired) electrons. The molecule has 4 amide bonds. The highest BCUT2D eigenvalue weighted by Gasteiger charge is 2.43. The number of amides is 4. The van der Waals surface area contributed by atoms with E-state index in [1.54, 1.807) is 91.6 Å². The van der Waals surface area contributed by atoms with E-state index in [1.165, 1.54) is 4.90 Å². The predicted octanol–water partition coefficient (Wildman–Crippen LogP) is 7.24. The van der Waals surface area contributed by atoms with Crippen LogP contribution in [0.5, 0.6) is 0 Å². The Labute approximate surface area is 300 Å². The molecule has 14 heteroatoms. The highest BCUT2D eigenvalue weighted by molar-refractivity contribution is 6.06. The summed E-state index contributed by atoms with van der Waals surface area (Å²) in [6.07, 6.45) is 2.01. The van der Waals surface area contributed by atoms with Crippen molar-refractivity contribution >= 4 is 47.2 Å². The van der Waals surface area contributed by atoms with Crippen LogP contribution in [-0.2, 0) is 19.0 Å². The van der Waals surface area contributed by atoms with Crippen LogP contribution in [0.15, 0.2) is 53.5 Å². The molecule has 0 spiro atoms. The third-order valence-electron chi connectivity index (χ3n) is 7.87. The Morgan fingerprint density at radius 1 is 0.843 bits per heavy atom. The van der Waals surface area contributed by atoms with E-state index in [9.17, 15) is 19.2 Å². The summed E-state index contributed by atoms with van der Waals surface area (Å²) in [7, 11) is 0. The molecular weight excluding hydrogens is 654 g/mol. The van der Waals surface area contributed by atoms with Gasteiger partial charge in [0.2, 0.25) is 5.96 Å². The summed E-state index contributed by atoms with van der Waals surface area (Å²) in [5.74, 6) is -0.736. The molecule has 2 aromatic rings. The standard InChI is InChI=1S/C37H53N7O7/c1-35(2,3)49-30(45)29(38)44-28(23-15-11-10-12-16-23)26-17-13-14-18-27(26)43(32(46)42-44)25-21-19-24(20-22-25)39-31(40-33(47)50-36(4,5)6)41-34(48)51-37(7,8)9/h13-14,17-23,28-29H,10-12,15-16,38H2,1-9H3,(H,42,46)(H2,39,40,41,47,48). The number of benzene rings is 2. The van der Waals surface area contributed by atoms with Gasteiger partial charge in [-0.3, -0.25) is 15.6 Å². The summed E-state index contributed by atoms with van der Waals surface area (Å²) in [5.41, 5.74) is 9.61.